The second-order valence-electron chi connectivity index (χ2n) is 4.46. The summed E-state index contributed by atoms with van der Waals surface area (Å²) < 4.78 is 1.11. The molecule has 1 rings (SSSR count). The van der Waals surface area contributed by atoms with Gasteiger partial charge in [0.05, 0.1) is 16.9 Å². The zero-order chi connectivity index (χ0) is 14.3. The number of thiophene rings is 1. The van der Waals surface area contributed by atoms with Crippen LogP contribution >= 0.6 is 27.3 Å². The van der Waals surface area contributed by atoms with Gasteiger partial charge in [0.1, 0.15) is 0 Å². The van der Waals surface area contributed by atoms with Crippen molar-refractivity contribution in [2.24, 2.45) is 0 Å². The van der Waals surface area contributed by atoms with E-state index >= 15 is 0 Å². The van der Waals surface area contributed by atoms with Gasteiger partial charge in [0.2, 0.25) is 5.91 Å². The zero-order valence-electron chi connectivity index (χ0n) is 11.8. The molecule has 0 aromatic carbocycles. The second-order valence-corrected chi connectivity index (χ2v) is 7.00. The average molecular weight is 348 g/mol. The Bertz CT molecular complexity index is 397. The summed E-state index contributed by atoms with van der Waals surface area (Å²) >= 11 is 5.13. The lowest BCUT2D eigenvalue weighted by atomic mass is 10.3. The van der Waals surface area contributed by atoms with E-state index in [-0.39, 0.29) is 5.91 Å². The maximum Gasteiger partial charge on any atom is 0.237 e. The van der Waals surface area contributed by atoms with Crippen LogP contribution in [0.1, 0.15) is 11.8 Å². The van der Waals surface area contributed by atoms with Crippen molar-refractivity contribution < 1.29 is 4.79 Å². The van der Waals surface area contributed by atoms with Gasteiger partial charge in [0, 0.05) is 24.5 Å². The van der Waals surface area contributed by atoms with E-state index in [1.54, 1.807) is 11.3 Å². The molecule has 0 bridgehead atoms. The number of rotatable bonds is 8. The number of halogens is 1. The summed E-state index contributed by atoms with van der Waals surface area (Å²) in [6, 6.07) is 4.09. The Kier molecular flexibility index (Phi) is 7.60. The fraction of sp³-hybridized carbons (Fsp3) is 0.615. The number of amides is 1. The SMILES string of the molecule is CCN(Cc1ccc(Br)s1)C(=O)CN(C)CCNC. The van der Waals surface area contributed by atoms with Gasteiger partial charge in [-0.1, -0.05) is 0 Å². The number of nitrogens with one attached hydrogen (secondary N) is 1. The number of carbonyl (C=O) groups excluding carboxylic acids is 1. The van der Waals surface area contributed by atoms with Crippen LogP contribution in [0.25, 0.3) is 0 Å². The zero-order valence-corrected chi connectivity index (χ0v) is 14.2. The molecular formula is C13H22BrN3OS. The smallest absolute Gasteiger partial charge is 0.237 e. The first-order valence-corrected chi connectivity index (χ1v) is 8.03. The molecule has 19 heavy (non-hydrogen) atoms. The van der Waals surface area contributed by atoms with Gasteiger partial charge in [-0.05, 0) is 49.1 Å². The molecule has 0 aliphatic heterocycles. The minimum absolute atomic E-state index is 0.186. The van der Waals surface area contributed by atoms with Gasteiger partial charge >= 0.3 is 0 Å². The lowest BCUT2D eigenvalue weighted by Gasteiger charge is -2.23. The predicted octanol–water partition coefficient (Wildman–Crippen LogP) is 2.01. The largest absolute Gasteiger partial charge is 0.337 e. The van der Waals surface area contributed by atoms with Crippen LogP contribution in [0.2, 0.25) is 0 Å². The maximum atomic E-state index is 12.2. The number of carbonyl (C=O) groups is 1. The van der Waals surface area contributed by atoms with Crippen LogP contribution in [-0.4, -0.2) is 56.0 Å². The highest BCUT2D eigenvalue weighted by atomic mass is 79.9. The summed E-state index contributed by atoms with van der Waals surface area (Å²) in [6.45, 7) is 5.72. The van der Waals surface area contributed by atoms with Gasteiger partial charge < -0.3 is 10.2 Å². The highest BCUT2D eigenvalue weighted by molar-refractivity contribution is 9.11. The van der Waals surface area contributed by atoms with Crippen molar-refractivity contribution in [3.05, 3.63) is 20.8 Å². The van der Waals surface area contributed by atoms with Crippen molar-refractivity contribution >= 4 is 33.2 Å². The second kappa shape index (κ2) is 8.68. The van der Waals surface area contributed by atoms with Crippen molar-refractivity contribution in [2.75, 3.05) is 40.3 Å². The molecule has 0 saturated heterocycles. The highest BCUT2D eigenvalue weighted by Crippen LogP contribution is 2.23. The standard InChI is InChI=1S/C13H22BrN3OS/c1-4-17(9-11-5-6-12(14)19-11)13(18)10-16(3)8-7-15-2/h5-6,15H,4,7-10H2,1-3H3. The summed E-state index contributed by atoms with van der Waals surface area (Å²) in [6.07, 6.45) is 0. The van der Waals surface area contributed by atoms with E-state index in [4.69, 9.17) is 0 Å². The Morgan fingerprint density at radius 3 is 2.74 bits per heavy atom. The number of likely N-dealkylation sites (N-methyl/N-ethyl adjacent to an activating group) is 3. The van der Waals surface area contributed by atoms with Crippen molar-refractivity contribution in [1.82, 2.24) is 15.1 Å². The van der Waals surface area contributed by atoms with Crippen molar-refractivity contribution in [3.8, 4) is 0 Å². The number of hydrogen-bond donors (Lipinski definition) is 1. The molecule has 108 valence electrons. The Morgan fingerprint density at radius 2 is 2.21 bits per heavy atom. The van der Waals surface area contributed by atoms with Crippen LogP contribution in [0.15, 0.2) is 15.9 Å². The van der Waals surface area contributed by atoms with Gasteiger partial charge in [-0.25, -0.2) is 0 Å². The molecule has 0 aliphatic rings. The average Bonchev–Trinajstić information content (AvgIpc) is 2.78. The summed E-state index contributed by atoms with van der Waals surface area (Å²) in [5, 5.41) is 3.09. The molecule has 1 heterocycles. The molecule has 1 aromatic rings. The first-order valence-electron chi connectivity index (χ1n) is 6.42. The van der Waals surface area contributed by atoms with Crippen LogP contribution in [0.3, 0.4) is 0 Å². The molecule has 0 atom stereocenters. The van der Waals surface area contributed by atoms with E-state index < -0.39 is 0 Å². The minimum atomic E-state index is 0.186. The van der Waals surface area contributed by atoms with Gasteiger partial charge in [0.15, 0.2) is 0 Å². The Morgan fingerprint density at radius 1 is 1.47 bits per heavy atom. The lowest BCUT2D eigenvalue weighted by molar-refractivity contribution is -0.132. The molecule has 0 spiro atoms. The van der Waals surface area contributed by atoms with Crippen LogP contribution in [0, 0.1) is 0 Å². The van der Waals surface area contributed by atoms with E-state index in [1.165, 1.54) is 4.88 Å². The van der Waals surface area contributed by atoms with Crippen LogP contribution in [0.5, 0.6) is 0 Å². The lowest BCUT2D eigenvalue weighted by Crippen LogP contribution is -2.40. The van der Waals surface area contributed by atoms with Gasteiger partial charge in [-0.15, -0.1) is 11.3 Å². The van der Waals surface area contributed by atoms with Crippen molar-refractivity contribution in [2.45, 2.75) is 13.5 Å². The van der Waals surface area contributed by atoms with E-state index in [2.05, 4.69) is 27.3 Å². The molecular weight excluding hydrogens is 326 g/mol. The normalized spacial score (nSPS) is 11.0. The topological polar surface area (TPSA) is 35.6 Å². The number of nitrogens with zero attached hydrogens (tertiary/aromatic N) is 2. The molecule has 0 unspecified atom stereocenters. The van der Waals surface area contributed by atoms with E-state index in [0.717, 1.165) is 23.4 Å². The van der Waals surface area contributed by atoms with Gasteiger partial charge in [-0.3, -0.25) is 9.69 Å². The Balaban J connectivity index is 2.47. The summed E-state index contributed by atoms with van der Waals surface area (Å²) in [5.74, 6) is 0.186. The Hall–Kier alpha value is -0.430. The van der Waals surface area contributed by atoms with E-state index in [9.17, 15) is 4.79 Å². The molecule has 1 N–H and O–H groups in total. The molecule has 1 aromatic heterocycles. The van der Waals surface area contributed by atoms with Crippen molar-refractivity contribution in [1.29, 1.82) is 0 Å². The summed E-state index contributed by atoms with van der Waals surface area (Å²) in [4.78, 5) is 17.4. The fourth-order valence-corrected chi connectivity index (χ4v) is 3.21. The van der Waals surface area contributed by atoms with Gasteiger partial charge in [-0.2, -0.15) is 0 Å². The molecule has 6 heteroatoms. The predicted molar refractivity (Wildman–Crippen MR) is 84.5 cm³/mol. The molecule has 0 saturated carbocycles. The van der Waals surface area contributed by atoms with Crippen LogP contribution < -0.4 is 5.32 Å². The van der Waals surface area contributed by atoms with Gasteiger partial charge in [0.25, 0.3) is 0 Å². The van der Waals surface area contributed by atoms with Crippen molar-refractivity contribution in [3.63, 3.8) is 0 Å². The molecule has 0 radical (unpaired) electrons. The summed E-state index contributed by atoms with van der Waals surface area (Å²) in [5.41, 5.74) is 0. The molecule has 4 nitrogen and oxygen atoms in total. The third-order valence-electron chi connectivity index (χ3n) is 2.86. The van der Waals surface area contributed by atoms with Crippen LogP contribution in [-0.2, 0) is 11.3 Å². The quantitative estimate of drug-likeness (QED) is 0.781. The third-order valence-corrected chi connectivity index (χ3v) is 4.47. The first-order chi connectivity index (χ1) is 9.06. The summed E-state index contributed by atoms with van der Waals surface area (Å²) in [7, 11) is 3.90. The first kappa shape index (κ1) is 16.6. The van der Waals surface area contributed by atoms with Crippen LogP contribution in [0.4, 0.5) is 0 Å². The third kappa shape index (κ3) is 6.03. The Labute approximate surface area is 127 Å². The molecule has 0 aliphatic carbocycles. The fourth-order valence-electron chi connectivity index (χ4n) is 1.71. The molecule has 1 amide bonds. The number of hydrogen-bond acceptors (Lipinski definition) is 4. The van der Waals surface area contributed by atoms with E-state index in [1.807, 2.05) is 36.9 Å². The van der Waals surface area contributed by atoms with E-state index in [0.29, 0.717) is 13.1 Å². The highest BCUT2D eigenvalue weighted by Gasteiger charge is 2.14. The monoisotopic (exact) mass is 347 g/mol. The minimum Gasteiger partial charge on any atom is -0.337 e. The maximum absolute atomic E-state index is 12.2. The molecule has 0 fully saturated rings.